The molecule has 190 valence electrons. The van der Waals surface area contributed by atoms with E-state index >= 15 is 0 Å². The van der Waals surface area contributed by atoms with Gasteiger partial charge in [0, 0.05) is 17.5 Å². The summed E-state index contributed by atoms with van der Waals surface area (Å²) in [5.74, 6) is 0.996. The average molecular weight is 487 g/mol. The van der Waals surface area contributed by atoms with Crippen molar-refractivity contribution < 1.29 is 29.0 Å². The van der Waals surface area contributed by atoms with E-state index in [1.807, 2.05) is 12.1 Å². The summed E-state index contributed by atoms with van der Waals surface area (Å²) in [4.78, 5) is 28.3. The van der Waals surface area contributed by atoms with E-state index in [4.69, 9.17) is 10.5 Å². The minimum atomic E-state index is -0.580. The summed E-state index contributed by atoms with van der Waals surface area (Å²) in [6, 6.07) is 5.62. The number of carbonyl (C=O) groups excluding carboxylic acids is 3. The van der Waals surface area contributed by atoms with Gasteiger partial charge >= 0.3 is 5.97 Å². The van der Waals surface area contributed by atoms with E-state index in [2.05, 4.69) is 41.3 Å². The maximum atomic E-state index is 10.3. The number of rotatable bonds is 8. The normalized spacial score (nSPS) is 16.3. The van der Waals surface area contributed by atoms with Crippen LogP contribution in [-0.4, -0.2) is 55.4 Å². The minimum Gasteiger partial charge on any atom is -0.508 e. The molecule has 0 fully saturated rings. The van der Waals surface area contributed by atoms with Crippen LogP contribution in [0, 0.1) is 5.92 Å². The lowest BCUT2D eigenvalue weighted by Crippen LogP contribution is -2.32. The molecule has 0 spiro atoms. The lowest BCUT2D eigenvalue weighted by atomic mass is 9.84. The number of thiol groups is 1. The van der Waals surface area contributed by atoms with Crippen molar-refractivity contribution in [2.45, 2.75) is 71.9 Å². The molecule has 1 aromatic rings. The molecule has 1 aliphatic heterocycles. The van der Waals surface area contributed by atoms with Crippen molar-refractivity contribution in [2.24, 2.45) is 11.7 Å². The molecule has 8 nitrogen and oxygen atoms in total. The van der Waals surface area contributed by atoms with Gasteiger partial charge < -0.3 is 30.4 Å². The fourth-order valence-electron chi connectivity index (χ4n) is 3.01. The number of aldehydes is 1. The monoisotopic (exact) mass is 486 g/mol. The summed E-state index contributed by atoms with van der Waals surface area (Å²) >= 11 is 3.78. The Bertz CT molecular complexity index is 660. The molecule has 0 bridgehead atoms. The molecule has 0 aromatic heterocycles. The highest BCUT2D eigenvalue weighted by atomic mass is 32.1. The summed E-state index contributed by atoms with van der Waals surface area (Å²) in [5.41, 5.74) is 7.64. The number of hydrogen-bond acceptors (Lipinski definition) is 9. The van der Waals surface area contributed by atoms with Crippen molar-refractivity contribution >= 4 is 37.0 Å². The Morgan fingerprint density at radius 2 is 1.97 bits per heavy atom. The first kappa shape index (κ1) is 32.9. The third-order valence-electron chi connectivity index (χ3n) is 4.78. The number of phenols is 1. The Balaban J connectivity index is 0. The van der Waals surface area contributed by atoms with E-state index in [0.29, 0.717) is 36.5 Å². The Kier molecular flexibility index (Phi) is 21.5. The topological polar surface area (TPSA) is 128 Å². The van der Waals surface area contributed by atoms with Crippen molar-refractivity contribution in [3.05, 3.63) is 23.8 Å². The van der Waals surface area contributed by atoms with E-state index in [0.717, 1.165) is 12.7 Å². The van der Waals surface area contributed by atoms with Gasteiger partial charge in [0.2, 0.25) is 0 Å². The maximum absolute atomic E-state index is 10.3. The molecule has 3 atom stereocenters. The number of fused-ring (bicyclic) bond motifs is 1. The Morgan fingerprint density at radius 1 is 1.33 bits per heavy atom. The van der Waals surface area contributed by atoms with Crippen molar-refractivity contribution in [1.82, 2.24) is 0 Å². The molecule has 1 aromatic carbocycles. The lowest BCUT2D eigenvalue weighted by Gasteiger charge is -2.32. The van der Waals surface area contributed by atoms with Crippen molar-refractivity contribution in [1.29, 1.82) is 0 Å². The largest absolute Gasteiger partial charge is 0.508 e. The van der Waals surface area contributed by atoms with Gasteiger partial charge in [0.25, 0.3) is 6.47 Å². The van der Waals surface area contributed by atoms with Gasteiger partial charge in [0.05, 0.1) is 13.7 Å². The smallest absolute Gasteiger partial charge is 0.323 e. The highest BCUT2D eigenvalue weighted by Crippen LogP contribution is 2.33. The summed E-state index contributed by atoms with van der Waals surface area (Å²) in [7, 11) is 1.30. The van der Waals surface area contributed by atoms with Crippen LogP contribution in [0.1, 0.15) is 58.9 Å². The van der Waals surface area contributed by atoms with Gasteiger partial charge in [0.15, 0.2) is 0 Å². The molecule has 1 heterocycles. The second kappa shape index (κ2) is 21.6. The average Bonchev–Trinajstić information content (AvgIpc) is 2.80. The number of benzene rings is 1. The molecule has 1 aliphatic rings. The van der Waals surface area contributed by atoms with E-state index in [9.17, 15) is 14.7 Å². The van der Waals surface area contributed by atoms with Gasteiger partial charge in [-0.15, -0.1) is 0 Å². The molecule has 2 rings (SSSR count). The predicted molar refractivity (Wildman–Crippen MR) is 136 cm³/mol. The molecule has 0 radical (unpaired) electrons. The van der Waals surface area contributed by atoms with Gasteiger partial charge in [-0.05, 0) is 63.3 Å². The lowest BCUT2D eigenvalue weighted by molar-refractivity contribution is -0.141. The van der Waals surface area contributed by atoms with Gasteiger partial charge in [-0.3, -0.25) is 9.59 Å². The van der Waals surface area contributed by atoms with Crippen LogP contribution < -0.4 is 11.1 Å². The van der Waals surface area contributed by atoms with Crippen molar-refractivity contribution in [2.75, 3.05) is 24.8 Å². The molecule has 0 saturated heterocycles. The van der Waals surface area contributed by atoms with E-state index in [-0.39, 0.29) is 0 Å². The molecule has 0 saturated carbocycles. The van der Waals surface area contributed by atoms with E-state index in [1.165, 1.54) is 51.0 Å². The number of carbonyl (C=O) groups is 3. The van der Waals surface area contributed by atoms with Gasteiger partial charge in [-0.25, -0.2) is 0 Å². The maximum Gasteiger partial charge on any atom is 0.323 e. The number of methoxy groups -OCH3 is 1. The highest BCUT2D eigenvalue weighted by molar-refractivity contribution is 7.80. The van der Waals surface area contributed by atoms with Crippen LogP contribution in [0.3, 0.4) is 0 Å². The Morgan fingerprint density at radius 3 is 2.39 bits per heavy atom. The van der Waals surface area contributed by atoms with Crippen molar-refractivity contribution in [3.63, 3.8) is 0 Å². The molecule has 33 heavy (non-hydrogen) atoms. The number of nitrogens with two attached hydrogens (primary N) is 1. The molecule has 4 N–H and O–H groups in total. The molecular weight excluding hydrogens is 444 g/mol. The highest BCUT2D eigenvalue weighted by Gasteiger charge is 2.24. The first-order valence-corrected chi connectivity index (χ1v) is 11.9. The number of anilines is 1. The van der Waals surface area contributed by atoms with Gasteiger partial charge in [-0.2, -0.15) is 12.6 Å². The van der Waals surface area contributed by atoms with Crippen LogP contribution in [0.25, 0.3) is 0 Å². The summed E-state index contributed by atoms with van der Waals surface area (Å²) < 4.78 is 8.44. The predicted octanol–water partition coefficient (Wildman–Crippen LogP) is 3.75. The second-order valence-corrected chi connectivity index (χ2v) is 7.70. The summed E-state index contributed by atoms with van der Waals surface area (Å²) in [6.07, 6.45) is 7.07. The number of unbranched alkanes of at least 4 members (excludes halogenated alkanes) is 2. The zero-order valence-electron chi connectivity index (χ0n) is 20.6. The summed E-state index contributed by atoms with van der Waals surface area (Å²) in [5, 5.41) is 13.1. The third-order valence-corrected chi connectivity index (χ3v) is 5.17. The first-order valence-electron chi connectivity index (χ1n) is 11.2. The Labute approximate surface area is 204 Å². The SMILES string of the molecule is CC=O.CCCCC[C@@H]1Cc2cc(O)ccc2N[C@@H]1C.CCOC=O.COC(=O)[C@@H](N)CS. The molecule has 0 amide bonds. The number of esters is 1. The third kappa shape index (κ3) is 16.1. The van der Waals surface area contributed by atoms with Crippen molar-refractivity contribution in [3.8, 4) is 5.75 Å². The number of phenolic OH excluding ortho intramolecular Hbond substituents is 1. The van der Waals surface area contributed by atoms with Crippen LogP contribution >= 0.6 is 12.6 Å². The zero-order chi connectivity index (χ0) is 25.6. The fourth-order valence-corrected chi connectivity index (χ4v) is 3.16. The quantitative estimate of drug-likeness (QED) is 0.144. The minimum absolute atomic E-state index is 0.326. The Hall–Kier alpha value is -2.26. The van der Waals surface area contributed by atoms with Crippen LogP contribution in [0.5, 0.6) is 5.75 Å². The first-order chi connectivity index (χ1) is 15.7. The molecular formula is C24H42N2O6S. The zero-order valence-corrected chi connectivity index (χ0v) is 21.5. The van der Waals surface area contributed by atoms with Gasteiger partial charge in [0.1, 0.15) is 18.1 Å². The number of hydrogen-bond donors (Lipinski definition) is 4. The second-order valence-electron chi connectivity index (χ2n) is 7.33. The number of aromatic hydroxyl groups is 1. The van der Waals surface area contributed by atoms with E-state index < -0.39 is 12.0 Å². The van der Waals surface area contributed by atoms with Gasteiger partial charge in [-0.1, -0.05) is 26.2 Å². The van der Waals surface area contributed by atoms with E-state index in [1.54, 1.807) is 13.0 Å². The number of nitrogens with one attached hydrogen (secondary N) is 1. The van der Waals surface area contributed by atoms with Crippen LogP contribution in [0.4, 0.5) is 5.69 Å². The molecule has 0 aliphatic carbocycles. The molecule has 0 unspecified atom stereocenters. The standard InChI is InChI=1S/C15H23NO.C4H9NO2S.C3H6O2.C2H4O/c1-3-4-5-6-12-9-13-10-14(17)7-8-15(13)16-11(12)2;1-7-4(6)3(5)2-8;1-2-5-3-4;1-2-3/h7-8,10-12,16-17H,3-6,9H2,1-2H3;3,8H,2,5H2,1H3;3H,2H2,1H3;2H,1H3/t11-,12-;3-;;/m10../s1. The molecule has 9 heteroatoms. The number of ether oxygens (including phenoxy) is 2. The van der Waals surface area contributed by atoms with Crippen LogP contribution in [0.2, 0.25) is 0 Å². The van der Waals surface area contributed by atoms with Crippen LogP contribution in [-0.2, 0) is 30.3 Å². The summed E-state index contributed by atoms with van der Waals surface area (Å²) in [6.45, 7) is 8.63. The van der Waals surface area contributed by atoms with Crippen LogP contribution in [0.15, 0.2) is 18.2 Å². The fraction of sp³-hybridized carbons (Fsp3) is 0.625.